The average Bonchev–Trinajstić information content (AvgIpc) is 3.20. The molecule has 0 spiro atoms. The lowest BCUT2D eigenvalue weighted by atomic mass is 9.96. The molecular formula is C22H23Cl2N3O5S. The van der Waals surface area contributed by atoms with Crippen LogP contribution in [0.2, 0.25) is 10.0 Å². The number of sulfonamides is 1. The molecule has 0 fully saturated rings. The van der Waals surface area contributed by atoms with E-state index < -0.39 is 16.6 Å². The van der Waals surface area contributed by atoms with Crippen LogP contribution in [0, 0.1) is 0 Å². The lowest BCUT2D eigenvalue weighted by Gasteiger charge is -2.27. The van der Waals surface area contributed by atoms with Crippen LogP contribution in [0.4, 0.5) is 0 Å². The highest BCUT2D eigenvalue weighted by Gasteiger charge is 2.27. The fraction of sp³-hybridized carbons (Fsp3) is 0.318. The van der Waals surface area contributed by atoms with Gasteiger partial charge in [0.25, 0.3) is 0 Å². The maximum Gasteiger partial charge on any atom is 0.248 e. The summed E-state index contributed by atoms with van der Waals surface area (Å²) in [6.45, 7) is 0.291. The number of hydrogen-bond acceptors (Lipinski definition) is 5. The van der Waals surface area contributed by atoms with Gasteiger partial charge in [0, 0.05) is 49.3 Å². The molecule has 4 rings (SSSR count). The molecule has 2 heterocycles. The van der Waals surface area contributed by atoms with E-state index in [4.69, 9.17) is 28.3 Å². The van der Waals surface area contributed by atoms with Crippen molar-refractivity contribution in [3.05, 3.63) is 51.6 Å². The summed E-state index contributed by atoms with van der Waals surface area (Å²) >= 11 is 12.9. The highest BCUT2D eigenvalue weighted by Crippen LogP contribution is 2.42. The van der Waals surface area contributed by atoms with Crippen LogP contribution in [-0.2, 0) is 27.8 Å². The van der Waals surface area contributed by atoms with E-state index in [1.54, 1.807) is 23.1 Å². The van der Waals surface area contributed by atoms with Crippen LogP contribution < -0.4 is 4.72 Å². The van der Waals surface area contributed by atoms with Gasteiger partial charge in [-0.3, -0.25) is 4.79 Å². The van der Waals surface area contributed by atoms with Gasteiger partial charge in [-0.2, -0.15) is 0 Å². The van der Waals surface area contributed by atoms with Crippen LogP contribution in [0.3, 0.4) is 0 Å². The van der Waals surface area contributed by atoms with Gasteiger partial charge >= 0.3 is 0 Å². The van der Waals surface area contributed by atoms with E-state index in [9.17, 15) is 18.3 Å². The first-order valence-electron chi connectivity index (χ1n) is 10.4. The Kier molecular flexibility index (Phi) is 6.99. The minimum Gasteiger partial charge on any atom is -0.396 e. The number of aliphatic hydroxyl groups excluding tert-OH is 2. The minimum atomic E-state index is -3.69. The Balaban J connectivity index is 1.78. The second-order valence-electron chi connectivity index (χ2n) is 7.77. The number of carbonyl (C=O) groups excluding carboxylic acids is 1. The number of aromatic amines is 1. The molecule has 8 nitrogen and oxygen atoms in total. The quantitative estimate of drug-likeness (QED) is 0.363. The van der Waals surface area contributed by atoms with E-state index in [0.29, 0.717) is 41.5 Å². The summed E-state index contributed by atoms with van der Waals surface area (Å²) in [7, 11) is -3.69. The van der Waals surface area contributed by atoms with Gasteiger partial charge in [-0.25, -0.2) is 13.1 Å². The first-order valence-corrected chi connectivity index (χ1v) is 12.6. The third-order valence-electron chi connectivity index (χ3n) is 5.73. The summed E-state index contributed by atoms with van der Waals surface area (Å²) in [5.74, 6) is -0.347. The summed E-state index contributed by atoms with van der Waals surface area (Å²) < 4.78 is 27.4. The van der Waals surface area contributed by atoms with Crippen molar-refractivity contribution in [3.63, 3.8) is 0 Å². The highest BCUT2D eigenvalue weighted by molar-refractivity contribution is 7.89. The number of H-pyrrole nitrogens is 1. The molecule has 11 heteroatoms. The third-order valence-corrected chi connectivity index (χ3v) is 8.00. The van der Waals surface area contributed by atoms with Gasteiger partial charge in [0.2, 0.25) is 15.9 Å². The van der Waals surface area contributed by atoms with Crippen molar-refractivity contribution in [1.29, 1.82) is 0 Å². The largest absolute Gasteiger partial charge is 0.396 e. The smallest absolute Gasteiger partial charge is 0.248 e. The number of amides is 1. The molecule has 176 valence electrons. The van der Waals surface area contributed by atoms with E-state index >= 15 is 0 Å². The predicted octanol–water partition coefficient (Wildman–Crippen LogP) is 2.68. The fourth-order valence-electron chi connectivity index (χ4n) is 4.06. The Morgan fingerprint density at radius 2 is 1.91 bits per heavy atom. The first kappa shape index (κ1) is 24.0. The lowest BCUT2D eigenvalue weighted by molar-refractivity contribution is -0.135. The molecule has 2 aromatic carbocycles. The minimum absolute atomic E-state index is 0.100. The number of aliphatic hydroxyl groups is 2. The maximum absolute atomic E-state index is 12.5. The number of benzene rings is 2. The SMILES string of the molecule is O=C(CO)N1CCc2[nH]c3c(Cl)c(Cl)cc(-c4ccc(S(=O)(=O)NCCCO)cc4)c3c2C1. The maximum atomic E-state index is 12.5. The molecule has 0 radical (unpaired) electrons. The Hall–Kier alpha value is -2.14. The Bertz CT molecular complexity index is 1310. The van der Waals surface area contributed by atoms with Crippen molar-refractivity contribution >= 4 is 50.0 Å². The Labute approximate surface area is 201 Å². The number of halogens is 2. The highest BCUT2D eigenvalue weighted by atomic mass is 35.5. The summed E-state index contributed by atoms with van der Waals surface area (Å²) in [6, 6.07) is 8.13. The van der Waals surface area contributed by atoms with Gasteiger partial charge < -0.3 is 20.1 Å². The molecule has 4 N–H and O–H groups in total. The molecule has 0 saturated heterocycles. The van der Waals surface area contributed by atoms with Gasteiger partial charge in [0.1, 0.15) is 6.61 Å². The summed E-state index contributed by atoms with van der Waals surface area (Å²) in [6.07, 6.45) is 0.910. The first-order chi connectivity index (χ1) is 15.8. The molecule has 1 aliphatic heterocycles. The molecule has 1 amide bonds. The summed E-state index contributed by atoms with van der Waals surface area (Å²) in [5, 5.41) is 19.7. The van der Waals surface area contributed by atoms with Gasteiger partial charge in [-0.1, -0.05) is 35.3 Å². The second kappa shape index (κ2) is 9.61. The van der Waals surface area contributed by atoms with Crippen molar-refractivity contribution in [2.75, 3.05) is 26.3 Å². The normalized spacial score (nSPS) is 14.0. The number of aromatic nitrogens is 1. The lowest BCUT2D eigenvalue weighted by Crippen LogP contribution is -2.37. The van der Waals surface area contributed by atoms with Crippen LogP contribution >= 0.6 is 23.2 Å². The van der Waals surface area contributed by atoms with Crippen LogP contribution in [0.5, 0.6) is 0 Å². The topological polar surface area (TPSA) is 123 Å². The number of hydrogen-bond donors (Lipinski definition) is 4. The number of carbonyl (C=O) groups is 1. The summed E-state index contributed by atoms with van der Waals surface area (Å²) in [5.41, 5.74) is 4.00. The van der Waals surface area contributed by atoms with Gasteiger partial charge in [-0.05, 0) is 35.7 Å². The number of fused-ring (bicyclic) bond motifs is 3. The van der Waals surface area contributed by atoms with Crippen molar-refractivity contribution in [2.45, 2.75) is 24.3 Å². The molecule has 0 saturated carbocycles. The summed E-state index contributed by atoms with van der Waals surface area (Å²) in [4.78, 5) is 17.1. The zero-order valence-corrected chi connectivity index (χ0v) is 19.9. The van der Waals surface area contributed by atoms with Crippen molar-refractivity contribution in [1.82, 2.24) is 14.6 Å². The van der Waals surface area contributed by atoms with Crippen molar-refractivity contribution in [3.8, 4) is 11.1 Å². The molecule has 0 aliphatic carbocycles. The van der Waals surface area contributed by atoms with E-state index in [0.717, 1.165) is 27.8 Å². The molecule has 1 aromatic heterocycles. The molecule has 3 aromatic rings. The van der Waals surface area contributed by atoms with Gasteiger partial charge in [0.15, 0.2) is 0 Å². The molecular weight excluding hydrogens is 489 g/mol. The fourth-order valence-corrected chi connectivity index (χ4v) is 5.54. The third kappa shape index (κ3) is 4.62. The molecule has 1 aliphatic rings. The van der Waals surface area contributed by atoms with Gasteiger partial charge in [0.05, 0.1) is 20.5 Å². The molecule has 33 heavy (non-hydrogen) atoms. The van der Waals surface area contributed by atoms with E-state index in [1.807, 2.05) is 0 Å². The average molecular weight is 512 g/mol. The number of nitrogens with zero attached hydrogens (tertiary/aromatic N) is 1. The zero-order valence-electron chi connectivity index (χ0n) is 17.6. The van der Waals surface area contributed by atoms with Crippen LogP contribution in [-0.4, -0.2) is 60.7 Å². The molecule has 0 bridgehead atoms. The van der Waals surface area contributed by atoms with E-state index in [1.165, 1.54) is 12.1 Å². The van der Waals surface area contributed by atoms with E-state index in [-0.39, 0.29) is 24.0 Å². The number of nitrogens with one attached hydrogen (secondary N) is 2. The van der Waals surface area contributed by atoms with Crippen LogP contribution in [0.25, 0.3) is 22.0 Å². The molecule has 0 unspecified atom stereocenters. The van der Waals surface area contributed by atoms with E-state index in [2.05, 4.69) is 9.71 Å². The zero-order chi connectivity index (χ0) is 23.8. The standard InChI is InChI=1S/C22H23Cl2N3O5S/c23-17-10-15(13-2-4-14(5-3-13)33(31,32)25-7-1-9-28)20-16-11-27(19(30)12-29)8-6-18(16)26-22(20)21(17)24/h2-5,10,25-26,28-29H,1,6-9,11-12H2. The monoisotopic (exact) mass is 511 g/mol. The Morgan fingerprint density at radius 3 is 2.58 bits per heavy atom. The predicted molar refractivity (Wildman–Crippen MR) is 127 cm³/mol. The van der Waals surface area contributed by atoms with Crippen LogP contribution in [0.1, 0.15) is 17.7 Å². The van der Waals surface area contributed by atoms with Crippen molar-refractivity contribution in [2.24, 2.45) is 0 Å². The number of rotatable bonds is 7. The molecule has 0 atom stereocenters. The van der Waals surface area contributed by atoms with Crippen LogP contribution in [0.15, 0.2) is 35.2 Å². The second-order valence-corrected chi connectivity index (χ2v) is 10.3. The van der Waals surface area contributed by atoms with Crippen molar-refractivity contribution < 1.29 is 23.4 Å². The van der Waals surface area contributed by atoms with Gasteiger partial charge in [-0.15, -0.1) is 0 Å². The Morgan fingerprint density at radius 1 is 1.18 bits per heavy atom.